The van der Waals surface area contributed by atoms with E-state index in [-0.39, 0.29) is 37.6 Å². The summed E-state index contributed by atoms with van der Waals surface area (Å²) in [5.41, 5.74) is 2.97. The molecule has 4 amide bonds. The van der Waals surface area contributed by atoms with Crippen molar-refractivity contribution in [2.24, 2.45) is 11.8 Å². The lowest BCUT2D eigenvalue weighted by molar-refractivity contribution is -0.151. The number of anilines is 1. The first-order chi connectivity index (χ1) is 21.0. The standard InChI is InChI=1S/C30H29Cl2N5O7/c31-20-8-7-15(10-21(20)32)33-30(44)37-14-23-17(16-4-1-2-5-22(16)34-23)11-25(37)27(39)36-9-3-6-24(36)26(38)35-12-18(28(40)41)19(13-35)29(42)43/h1-2,4-5,7-8,10,18-19,24-25,34H,3,6,9,11-14H2,(H,33,44)(H,40,41)(H,42,43)/t18-,19-,24+,25-/m1/s1. The summed E-state index contributed by atoms with van der Waals surface area (Å²) in [4.78, 5) is 72.5. The molecule has 4 N–H and O–H groups in total. The predicted octanol–water partition coefficient (Wildman–Crippen LogP) is 3.67. The Bertz CT molecular complexity index is 1670. The Hall–Kier alpha value is -4.29. The number of para-hydroxylation sites is 1. The number of urea groups is 1. The third kappa shape index (κ3) is 5.32. The van der Waals surface area contributed by atoms with E-state index in [9.17, 15) is 34.2 Å². The van der Waals surface area contributed by atoms with E-state index in [1.54, 1.807) is 12.1 Å². The lowest BCUT2D eigenvalue weighted by Crippen LogP contribution is -2.57. The topological polar surface area (TPSA) is 163 Å². The molecular formula is C30H29Cl2N5O7. The number of nitrogens with zero attached hydrogens (tertiary/aromatic N) is 3. The van der Waals surface area contributed by atoms with Crippen molar-refractivity contribution in [3.63, 3.8) is 0 Å². The molecular weight excluding hydrogens is 613 g/mol. The molecule has 4 atom stereocenters. The van der Waals surface area contributed by atoms with Gasteiger partial charge in [-0.3, -0.25) is 19.2 Å². The molecule has 2 fully saturated rings. The predicted molar refractivity (Wildman–Crippen MR) is 160 cm³/mol. The van der Waals surface area contributed by atoms with Crippen molar-refractivity contribution < 1.29 is 34.2 Å². The quantitative estimate of drug-likeness (QED) is 0.330. The Morgan fingerprint density at radius 1 is 0.864 bits per heavy atom. The number of carboxylic acids is 2. The number of amides is 4. The first kappa shape index (κ1) is 29.8. The average Bonchev–Trinajstić information content (AvgIpc) is 3.74. The molecule has 1 aromatic heterocycles. The molecule has 6 rings (SSSR count). The number of H-pyrrole nitrogens is 1. The van der Waals surface area contributed by atoms with Gasteiger partial charge in [-0.05, 0) is 42.7 Å². The number of hydrogen-bond acceptors (Lipinski definition) is 5. The average molecular weight is 642 g/mol. The van der Waals surface area contributed by atoms with Crippen LogP contribution in [0.4, 0.5) is 10.5 Å². The van der Waals surface area contributed by atoms with Gasteiger partial charge in [-0.1, -0.05) is 41.4 Å². The van der Waals surface area contributed by atoms with Gasteiger partial charge < -0.3 is 35.2 Å². The number of nitrogens with one attached hydrogen (secondary N) is 2. The van der Waals surface area contributed by atoms with Crippen molar-refractivity contribution in [2.75, 3.05) is 25.0 Å². The molecule has 4 heterocycles. The van der Waals surface area contributed by atoms with E-state index < -0.39 is 53.7 Å². The molecule has 3 aromatic rings. The lowest BCUT2D eigenvalue weighted by Gasteiger charge is -2.38. The number of aromatic amines is 1. The number of rotatable bonds is 5. The highest BCUT2D eigenvalue weighted by molar-refractivity contribution is 6.42. The summed E-state index contributed by atoms with van der Waals surface area (Å²) < 4.78 is 0. The molecule has 230 valence electrons. The molecule has 12 nitrogen and oxygen atoms in total. The van der Waals surface area contributed by atoms with Crippen LogP contribution in [0.3, 0.4) is 0 Å². The van der Waals surface area contributed by atoms with Gasteiger partial charge in [-0.25, -0.2) is 4.79 Å². The van der Waals surface area contributed by atoms with Gasteiger partial charge in [0.15, 0.2) is 0 Å². The van der Waals surface area contributed by atoms with E-state index in [1.807, 2.05) is 24.3 Å². The van der Waals surface area contributed by atoms with Crippen LogP contribution in [0.1, 0.15) is 24.1 Å². The summed E-state index contributed by atoms with van der Waals surface area (Å²) in [7, 11) is 0. The fourth-order valence-electron chi connectivity index (χ4n) is 6.58. The maximum absolute atomic E-state index is 14.3. The molecule has 0 radical (unpaired) electrons. The Morgan fingerprint density at radius 2 is 1.57 bits per heavy atom. The lowest BCUT2D eigenvalue weighted by atomic mass is 9.95. The highest BCUT2D eigenvalue weighted by atomic mass is 35.5. The van der Waals surface area contributed by atoms with E-state index >= 15 is 0 Å². The number of halogens is 2. The third-order valence-corrected chi connectivity index (χ3v) is 9.55. The Balaban J connectivity index is 1.29. The van der Waals surface area contributed by atoms with Crippen molar-refractivity contribution in [2.45, 2.75) is 37.9 Å². The van der Waals surface area contributed by atoms with Gasteiger partial charge in [0.1, 0.15) is 12.1 Å². The maximum atomic E-state index is 14.3. The molecule has 3 aliphatic heterocycles. The summed E-state index contributed by atoms with van der Waals surface area (Å²) in [5.74, 6) is -5.94. The second kappa shape index (κ2) is 11.7. The van der Waals surface area contributed by atoms with Crippen LogP contribution in [-0.2, 0) is 32.1 Å². The molecule has 2 saturated heterocycles. The minimum atomic E-state index is -1.28. The van der Waals surface area contributed by atoms with E-state index in [4.69, 9.17) is 23.2 Å². The van der Waals surface area contributed by atoms with Crippen LogP contribution in [0, 0.1) is 11.8 Å². The normalized spacial score (nSPS) is 23.1. The summed E-state index contributed by atoms with van der Waals surface area (Å²) in [6.45, 7) is -0.117. The summed E-state index contributed by atoms with van der Waals surface area (Å²) in [6.07, 6.45) is 1.08. The van der Waals surface area contributed by atoms with Crippen molar-refractivity contribution >= 4 is 69.6 Å². The van der Waals surface area contributed by atoms with Gasteiger partial charge in [-0.15, -0.1) is 0 Å². The fraction of sp³-hybridized carbons (Fsp3) is 0.367. The number of carbonyl (C=O) groups is 5. The Kier molecular flexibility index (Phi) is 7.89. The second-order valence-corrected chi connectivity index (χ2v) is 12.2. The number of carbonyl (C=O) groups excluding carboxylic acids is 3. The van der Waals surface area contributed by atoms with Gasteiger partial charge >= 0.3 is 18.0 Å². The second-order valence-electron chi connectivity index (χ2n) is 11.4. The van der Waals surface area contributed by atoms with Gasteiger partial charge in [0.25, 0.3) is 0 Å². The van der Waals surface area contributed by atoms with Crippen molar-refractivity contribution in [1.82, 2.24) is 19.7 Å². The van der Waals surface area contributed by atoms with Crippen LogP contribution in [0.15, 0.2) is 42.5 Å². The molecule has 3 aliphatic rings. The fourth-order valence-corrected chi connectivity index (χ4v) is 6.88. The van der Waals surface area contributed by atoms with Gasteiger partial charge in [0, 0.05) is 48.3 Å². The van der Waals surface area contributed by atoms with E-state index in [0.29, 0.717) is 23.6 Å². The molecule has 0 saturated carbocycles. The van der Waals surface area contributed by atoms with Gasteiger partial charge in [-0.2, -0.15) is 0 Å². The Labute approximate surface area is 261 Å². The molecule has 14 heteroatoms. The Morgan fingerprint density at radius 3 is 2.25 bits per heavy atom. The van der Waals surface area contributed by atoms with Crippen molar-refractivity contribution in [1.29, 1.82) is 0 Å². The molecule has 0 bridgehead atoms. The number of carboxylic acid groups (broad SMARTS) is 2. The monoisotopic (exact) mass is 641 g/mol. The van der Waals surface area contributed by atoms with Gasteiger partial charge in [0.05, 0.1) is 28.4 Å². The first-order valence-corrected chi connectivity index (χ1v) is 14.9. The number of hydrogen-bond donors (Lipinski definition) is 4. The van der Waals surface area contributed by atoms with E-state index in [2.05, 4.69) is 10.3 Å². The number of aliphatic carboxylic acids is 2. The summed E-state index contributed by atoms with van der Waals surface area (Å²) in [5, 5.41) is 23.4. The zero-order valence-corrected chi connectivity index (χ0v) is 24.8. The zero-order valence-electron chi connectivity index (χ0n) is 23.3. The zero-order chi connectivity index (χ0) is 31.3. The van der Waals surface area contributed by atoms with Crippen LogP contribution < -0.4 is 5.32 Å². The SMILES string of the molecule is O=C(O)[C@@H]1CN(C(=O)[C@@H]2CCCN2C(=O)[C@H]2Cc3c([nH]c4ccccc34)CN2C(=O)Nc2ccc(Cl)c(Cl)c2)C[C@H]1C(=O)O. The third-order valence-electron chi connectivity index (χ3n) is 8.81. The first-order valence-electron chi connectivity index (χ1n) is 14.2. The number of aromatic nitrogens is 1. The van der Waals surface area contributed by atoms with Crippen LogP contribution in [-0.4, -0.2) is 91.4 Å². The summed E-state index contributed by atoms with van der Waals surface area (Å²) in [6, 6.07) is 9.94. The van der Waals surface area contributed by atoms with Crippen LogP contribution in [0.2, 0.25) is 10.0 Å². The number of fused-ring (bicyclic) bond motifs is 3. The molecule has 2 aromatic carbocycles. The van der Waals surface area contributed by atoms with Gasteiger partial charge in [0.2, 0.25) is 11.8 Å². The van der Waals surface area contributed by atoms with E-state index in [0.717, 1.165) is 22.2 Å². The molecule has 0 unspecified atom stereocenters. The molecule has 0 aliphatic carbocycles. The largest absolute Gasteiger partial charge is 0.481 e. The molecule has 44 heavy (non-hydrogen) atoms. The van der Waals surface area contributed by atoms with Crippen molar-refractivity contribution in [3.8, 4) is 0 Å². The number of benzene rings is 2. The maximum Gasteiger partial charge on any atom is 0.322 e. The van der Waals surface area contributed by atoms with Crippen LogP contribution >= 0.6 is 23.2 Å². The minimum absolute atomic E-state index is 0.104. The highest BCUT2D eigenvalue weighted by Gasteiger charge is 2.48. The van der Waals surface area contributed by atoms with Crippen molar-refractivity contribution in [3.05, 3.63) is 63.8 Å². The highest BCUT2D eigenvalue weighted by Crippen LogP contribution is 2.34. The summed E-state index contributed by atoms with van der Waals surface area (Å²) >= 11 is 12.2. The smallest absolute Gasteiger partial charge is 0.322 e. The number of likely N-dealkylation sites (tertiary alicyclic amines) is 2. The van der Waals surface area contributed by atoms with Crippen LogP contribution in [0.5, 0.6) is 0 Å². The van der Waals surface area contributed by atoms with Crippen LogP contribution in [0.25, 0.3) is 10.9 Å². The minimum Gasteiger partial charge on any atom is -0.481 e. The molecule has 0 spiro atoms. The van der Waals surface area contributed by atoms with E-state index in [1.165, 1.54) is 20.8 Å².